The van der Waals surface area contributed by atoms with Gasteiger partial charge in [0.15, 0.2) is 0 Å². The summed E-state index contributed by atoms with van der Waals surface area (Å²) >= 11 is 7.72. The van der Waals surface area contributed by atoms with Gasteiger partial charge in [0.1, 0.15) is 5.15 Å². The summed E-state index contributed by atoms with van der Waals surface area (Å²) < 4.78 is 0. The van der Waals surface area contributed by atoms with E-state index in [-0.39, 0.29) is 0 Å². The van der Waals surface area contributed by atoms with Gasteiger partial charge in [-0.2, -0.15) is 0 Å². The lowest BCUT2D eigenvalue weighted by Gasteiger charge is -2.02. The van der Waals surface area contributed by atoms with Crippen LogP contribution in [0.15, 0.2) is 23.7 Å². The minimum atomic E-state index is 0.617. The Morgan fingerprint density at radius 1 is 1.33 bits per heavy atom. The Hall–Kier alpha value is -0.930. The molecule has 78 valence electrons. The van der Waals surface area contributed by atoms with E-state index in [0.29, 0.717) is 5.15 Å². The second kappa shape index (κ2) is 4.73. The van der Waals surface area contributed by atoms with Crippen LogP contribution in [0.25, 0.3) is 0 Å². The summed E-state index contributed by atoms with van der Waals surface area (Å²) in [5, 5.41) is 3.75. The second-order valence-corrected chi connectivity index (χ2v) is 4.67. The molecule has 2 aromatic rings. The largest absolute Gasteiger partial charge is 0.250 e. The van der Waals surface area contributed by atoms with Crippen molar-refractivity contribution in [2.45, 2.75) is 19.8 Å². The van der Waals surface area contributed by atoms with E-state index in [1.807, 2.05) is 30.6 Å². The molecule has 2 aromatic heterocycles. The average molecular weight is 239 g/mol. The van der Waals surface area contributed by atoms with Crippen LogP contribution in [0.5, 0.6) is 0 Å². The van der Waals surface area contributed by atoms with Gasteiger partial charge in [0.25, 0.3) is 0 Å². The molecule has 0 atom stereocenters. The van der Waals surface area contributed by atoms with Gasteiger partial charge in [-0.15, -0.1) is 11.3 Å². The van der Waals surface area contributed by atoms with Crippen LogP contribution in [-0.2, 0) is 12.8 Å². The molecule has 0 saturated heterocycles. The highest BCUT2D eigenvalue weighted by atomic mass is 35.5. The van der Waals surface area contributed by atoms with Crippen molar-refractivity contribution in [3.8, 4) is 0 Å². The zero-order chi connectivity index (χ0) is 10.7. The van der Waals surface area contributed by atoms with Crippen LogP contribution in [-0.4, -0.2) is 9.97 Å². The molecule has 0 aliphatic heterocycles. The van der Waals surface area contributed by atoms with Gasteiger partial charge in [-0.3, -0.25) is 0 Å². The zero-order valence-corrected chi connectivity index (χ0v) is 9.98. The lowest BCUT2D eigenvalue weighted by atomic mass is 10.1. The predicted molar refractivity (Wildman–Crippen MR) is 63.5 cm³/mol. The minimum Gasteiger partial charge on any atom is -0.250 e. The van der Waals surface area contributed by atoms with Crippen LogP contribution in [0.3, 0.4) is 0 Å². The molecule has 0 unspecified atom stereocenters. The second-order valence-electron chi connectivity index (χ2n) is 3.33. The van der Waals surface area contributed by atoms with Gasteiger partial charge >= 0.3 is 0 Å². The number of pyridine rings is 1. The van der Waals surface area contributed by atoms with Gasteiger partial charge in [-0.05, 0) is 25.0 Å². The third-order valence-corrected chi connectivity index (χ3v) is 3.32. The predicted octanol–water partition coefficient (Wildman–Crippen LogP) is 3.29. The smallest absolute Gasteiger partial charge is 0.132 e. The molecule has 2 heterocycles. The van der Waals surface area contributed by atoms with Gasteiger partial charge in [0.05, 0.1) is 5.01 Å². The Kier molecular flexibility index (Phi) is 3.34. The first-order valence-electron chi connectivity index (χ1n) is 4.76. The first-order chi connectivity index (χ1) is 7.25. The molecule has 0 radical (unpaired) electrons. The van der Waals surface area contributed by atoms with Crippen LogP contribution in [0, 0.1) is 6.92 Å². The molecule has 2 nitrogen and oxygen atoms in total. The molecule has 4 heteroatoms. The van der Waals surface area contributed by atoms with E-state index in [0.717, 1.165) is 29.1 Å². The number of halogens is 1. The maximum atomic E-state index is 6.04. The number of aromatic nitrogens is 2. The quantitative estimate of drug-likeness (QED) is 0.767. The van der Waals surface area contributed by atoms with Crippen LogP contribution >= 0.6 is 22.9 Å². The highest BCUT2D eigenvalue weighted by Crippen LogP contribution is 2.16. The summed E-state index contributed by atoms with van der Waals surface area (Å²) in [4.78, 5) is 8.46. The van der Waals surface area contributed by atoms with Crippen molar-refractivity contribution in [3.05, 3.63) is 45.1 Å². The lowest BCUT2D eigenvalue weighted by Crippen LogP contribution is -1.94. The van der Waals surface area contributed by atoms with Crippen molar-refractivity contribution in [2.75, 3.05) is 0 Å². The van der Waals surface area contributed by atoms with Crippen LogP contribution < -0.4 is 0 Å². The fourth-order valence-corrected chi connectivity index (χ4v) is 2.27. The Labute approximate surface area is 98.0 Å². The van der Waals surface area contributed by atoms with Crippen molar-refractivity contribution in [1.82, 2.24) is 9.97 Å². The molecule has 0 fully saturated rings. The zero-order valence-electron chi connectivity index (χ0n) is 8.40. The third kappa shape index (κ3) is 2.76. The molecular formula is C11H11ClN2S. The summed E-state index contributed by atoms with van der Waals surface area (Å²) in [6.07, 6.45) is 3.66. The highest BCUT2D eigenvalue weighted by Gasteiger charge is 2.03. The monoisotopic (exact) mass is 238 g/mol. The lowest BCUT2D eigenvalue weighted by molar-refractivity contribution is 0.932. The van der Waals surface area contributed by atoms with Gasteiger partial charge in [0.2, 0.25) is 0 Å². The standard InChI is InChI=1S/C11H11ClN2S/c1-8-2-3-9(11(12)14-8)4-5-10-13-6-7-15-10/h2-3,6-7H,4-5H2,1H3. The van der Waals surface area contributed by atoms with E-state index >= 15 is 0 Å². The van der Waals surface area contributed by atoms with Crippen molar-refractivity contribution < 1.29 is 0 Å². The number of thiazole rings is 1. The third-order valence-electron chi connectivity index (χ3n) is 2.16. The molecule has 0 spiro atoms. The number of hydrogen-bond acceptors (Lipinski definition) is 3. The van der Waals surface area contributed by atoms with E-state index in [9.17, 15) is 0 Å². The van der Waals surface area contributed by atoms with Gasteiger partial charge in [-0.1, -0.05) is 17.7 Å². The molecule has 0 aliphatic carbocycles. The average Bonchev–Trinajstić information content (AvgIpc) is 2.69. The Bertz CT molecular complexity index is 440. The van der Waals surface area contributed by atoms with Gasteiger partial charge in [0, 0.05) is 23.7 Å². The van der Waals surface area contributed by atoms with E-state index < -0.39 is 0 Å². The Morgan fingerprint density at radius 2 is 2.20 bits per heavy atom. The molecule has 0 aromatic carbocycles. The Balaban J connectivity index is 2.05. The summed E-state index contributed by atoms with van der Waals surface area (Å²) in [5.74, 6) is 0. The van der Waals surface area contributed by atoms with Crippen LogP contribution in [0.1, 0.15) is 16.3 Å². The number of aryl methyl sites for hydroxylation is 3. The molecule has 15 heavy (non-hydrogen) atoms. The van der Waals surface area contributed by atoms with Gasteiger partial charge in [-0.25, -0.2) is 9.97 Å². The van der Waals surface area contributed by atoms with Crippen LogP contribution in [0.2, 0.25) is 5.15 Å². The first-order valence-corrected chi connectivity index (χ1v) is 6.02. The molecule has 2 rings (SSSR count). The van der Waals surface area contributed by atoms with E-state index in [2.05, 4.69) is 9.97 Å². The molecule has 0 saturated carbocycles. The maximum Gasteiger partial charge on any atom is 0.132 e. The van der Waals surface area contributed by atoms with Crippen molar-refractivity contribution in [3.63, 3.8) is 0 Å². The van der Waals surface area contributed by atoms with Gasteiger partial charge < -0.3 is 0 Å². The number of hydrogen-bond donors (Lipinski definition) is 0. The summed E-state index contributed by atoms with van der Waals surface area (Å²) in [6.45, 7) is 1.94. The summed E-state index contributed by atoms with van der Waals surface area (Å²) in [5.41, 5.74) is 2.05. The van der Waals surface area contributed by atoms with E-state index in [1.165, 1.54) is 0 Å². The fraction of sp³-hybridized carbons (Fsp3) is 0.273. The number of rotatable bonds is 3. The number of nitrogens with zero attached hydrogens (tertiary/aromatic N) is 2. The topological polar surface area (TPSA) is 25.8 Å². The van der Waals surface area contributed by atoms with E-state index in [1.54, 1.807) is 11.3 Å². The minimum absolute atomic E-state index is 0.617. The maximum absolute atomic E-state index is 6.04. The molecule has 0 aliphatic rings. The van der Waals surface area contributed by atoms with E-state index in [4.69, 9.17) is 11.6 Å². The molecule has 0 amide bonds. The molecule has 0 bridgehead atoms. The SMILES string of the molecule is Cc1ccc(CCc2nccs2)c(Cl)n1. The summed E-state index contributed by atoms with van der Waals surface area (Å²) in [6, 6.07) is 4.03. The van der Waals surface area contributed by atoms with Crippen molar-refractivity contribution >= 4 is 22.9 Å². The normalized spacial score (nSPS) is 10.5. The summed E-state index contributed by atoms with van der Waals surface area (Å²) in [7, 11) is 0. The molecular weight excluding hydrogens is 228 g/mol. The Morgan fingerprint density at radius 3 is 2.87 bits per heavy atom. The van der Waals surface area contributed by atoms with Crippen molar-refractivity contribution in [2.24, 2.45) is 0 Å². The van der Waals surface area contributed by atoms with Crippen LogP contribution in [0.4, 0.5) is 0 Å². The fourth-order valence-electron chi connectivity index (χ4n) is 1.36. The van der Waals surface area contributed by atoms with Crippen molar-refractivity contribution in [1.29, 1.82) is 0 Å². The first kappa shape index (κ1) is 10.6. The highest BCUT2D eigenvalue weighted by molar-refractivity contribution is 7.09. The molecule has 0 N–H and O–H groups in total.